The van der Waals surface area contributed by atoms with E-state index in [0.717, 1.165) is 35.1 Å². The maximum atomic E-state index is 14.1. The fourth-order valence-corrected chi connectivity index (χ4v) is 6.84. The van der Waals surface area contributed by atoms with Gasteiger partial charge < -0.3 is 24.6 Å². The molecular weight excluding hydrogens is 587 g/mol. The van der Waals surface area contributed by atoms with E-state index in [-0.39, 0.29) is 18.4 Å². The Morgan fingerprint density at radius 2 is 1.78 bits per heavy atom. The molecule has 8 nitrogen and oxygen atoms in total. The molecule has 3 aromatic rings. The largest absolute Gasteiger partial charge is 0.497 e. The fourth-order valence-electron chi connectivity index (χ4n) is 6.84. The molecule has 1 atom stereocenters. The Hall–Kier alpha value is -3.25. The van der Waals surface area contributed by atoms with Crippen LogP contribution in [0.3, 0.4) is 0 Å². The number of pyridine rings is 1. The number of likely N-dealkylation sites (tertiary alicyclic amines) is 1. The zero-order chi connectivity index (χ0) is 32.0. The number of morpholine rings is 1. The summed E-state index contributed by atoms with van der Waals surface area (Å²) in [7, 11) is 1.60. The second-order valence-corrected chi connectivity index (χ2v) is 12.4. The first-order valence-corrected chi connectivity index (χ1v) is 15.7. The monoisotopic (exact) mass is 629 g/mol. The zero-order valence-electron chi connectivity index (χ0n) is 25.7. The van der Waals surface area contributed by atoms with Crippen molar-refractivity contribution in [2.24, 2.45) is 5.41 Å². The summed E-state index contributed by atoms with van der Waals surface area (Å²) in [6.45, 7) is 5.40. The van der Waals surface area contributed by atoms with E-state index in [1.54, 1.807) is 7.11 Å². The van der Waals surface area contributed by atoms with Gasteiger partial charge in [0.2, 0.25) is 0 Å². The van der Waals surface area contributed by atoms with Crippen molar-refractivity contribution in [3.05, 3.63) is 70.7 Å². The number of fused-ring (bicyclic) bond motifs is 1. The molecule has 0 radical (unpaired) electrons. The fraction of sp³-hybridized carbons (Fsp3) is 0.529. The lowest BCUT2D eigenvalue weighted by atomic mass is 9.71. The summed E-state index contributed by atoms with van der Waals surface area (Å²) in [6.07, 6.45) is 3.85. The van der Waals surface area contributed by atoms with Gasteiger partial charge in [0.1, 0.15) is 23.2 Å². The topological polar surface area (TPSA) is 95.4 Å². The first-order chi connectivity index (χ1) is 21.7. The van der Waals surface area contributed by atoms with Gasteiger partial charge >= 0.3 is 5.97 Å². The highest BCUT2D eigenvalue weighted by Crippen LogP contribution is 2.42. The number of piperidine rings is 1. The summed E-state index contributed by atoms with van der Waals surface area (Å²) in [5.41, 5.74) is 1.89. The number of hydrogen-bond acceptors (Lipinski definition) is 7. The Morgan fingerprint density at radius 1 is 1.07 bits per heavy atom. The van der Waals surface area contributed by atoms with E-state index < -0.39 is 34.9 Å². The maximum absolute atomic E-state index is 14.1. The van der Waals surface area contributed by atoms with Crippen molar-refractivity contribution >= 4 is 16.9 Å². The minimum absolute atomic E-state index is 0.00507. The Morgan fingerprint density at radius 3 is 2.44 bits per heavy atom. The number of aliphatic hydroxyl groups excluding tert-OH is 1. The standard InChI is InChI=1S/C34H42F3N3O5/c1-44-25-4-5-30-27(19-25)33(23(21-38-30)22-40-13-15-45-16-14-40)31(41)6-7-34(20-32(42)43)8-11-39(12-9-34)10-2-3-26-28(36)17-24(35)18-29(26)37/h4-5,17-19,21,31,41H,2-3,6-16,20,22H2,1H3,(H,42,43)/t31-/m0/s1. The van der Waals surface area contributed by atoms with Gasteiger partial charge in [-0.1, -0.05) is 0 Å². The van der Waals surface area contributed by atoms with E-state index in [1.165, 1.54) is 0 Å². The molecule has 2 saturated heterocycles. The number of carboxylic acids is 1. The molecule has 0 spiro atoms. The van der Waals surface area contributed by atoms with Crippen LogP contribution in [0.4, 0.5) is 13.2 Å². The summed E-state index contributed by atoms with van der Waals surface area (Å²) in [4.78, 5) is 21.1. The SMILES string of the molecule is COc1ccc2ncc(CN3CCOCC3)c([C@@H](O)CCC3(CC(=O)O)CCN(CCCc4c(F)cc(F)cc4F)CC3)c2c1. The van der Waals surface area contributed by atoms with Gasteiger partial charge in [0.05, 0.1) is 38.4 Å². The van der Waals surface area contributed by atoms with Crippen molar-refractivity contribution in [3.8, 4) is 5.75 Å². The number of hydrogen-bond donors (Lipinski definition) is 2. The smallest absolute Gasteiger partial charge is 0.303 e. The van der Waals surface area contributed by atoms with E-state index >= 15 is 0 Å². The van der Waals surface area contributed by atoms with Crippen molar-refractivity contribution < 1.29 is 37.7 Å². The molecule has 1 aromatic heterocycles. The van der Waals surface area contributed by atoms with Gasteiger partial charge in [-0.2, -0.15) is 0 Å². The normalized spacial score (nSPS) is 18.2. The lowest BCUT2D eigenvalue weighted by molar-refractivity contribution is -0.141. The number of nitrogens with zero attached hydrogens (tertiary/aromatic N) is 3. The first kappa shape index (κ1) is 33.1. The maximum Gasteiger partial charge on any atom is 0.303 e. The van der Waals surface area contributed by atoms with Crippen molar-refractivity contribution in [1.82, 2.24) is 14.8 Å². The third kappa shape index (κ3) is 8.32. The van der Waals surface area contributed by atoms with Crippen LogP contribution in [0.5, 0.6) is 5.75 Å². The van der Waals surface area contributed by atoms with Crippen molar-refractivity contribution in [2.45, 2.75) is 57.6 Å². The van der Waals surface area contributed by atoms with E-state index in [9.17, 15) is 28.2 Å². The van der Waals surface area contributed by atoms with Gasteiger partial charge in [-0.25, -0.2) is 13.2 Å². The second kappa shape index (κ2) is 14.9. The number of ether oxygens (including phenoxy) is 2. The summed E-state index contributed by atoms with van der Waals surface area (Å²) in [6, 6.07) is 7.02. The van der Waals surface area contributed by atoms with Crippen LogP contribution < -0.4 is 4.74 Å². The molecule has 3 heterocycles. The molecule has 0 aliphatic carbocycles. The molecule has 2 N–H and O–H groups in total. The van der Waals surface area contributed by atoms with Crippen molar-refractivity contribution in [3.63, 3.8) is 0 Å². The lowest BCUT2D eigenvalue weighted by Crippen LogP contribution is -2.42. The van der Waals surface area contributed by atoms with Gasteiger partial charge in [0, 0.05) is 48.9 Å². The Labute approximate surface area is 261 Å². The van der Waals surface area contributed by atoms with Crippen LogP contribution in [0.15, 0.2) is 36.5 Å². The van der Waals surface area contributed by atoms with Crippen molar-refractivity contribution in [1.29, 1.82) is 0 Å². The molecule has 11 heteroatoms. The number of halogens is 3. The Balaban J connectivity index is 1.27. The lowest BCUT2D eigenvalue weighted by Gasteiger charge is -2.42. The van der Waals surface area contributed by atoms with Crippen LogP contribution in [0, 0.1) is 22.9 Å². The molecule has 2 fully saturated rings. The zero-order valence-corrected chi connectivity index (χ0v) is 25.7. The summed E-state index contributed by atoms with van der Waals surface area (Å²) in [5.74, 6) is -2.89. The van der Waals surface area contributed by atoms with Crippen LogP contribution >= 0.6 is 0 Å². The molecule has 0 amide bonds. The number of benzene rings is 2. The summed E-state index contributed by atoms with van der Waals surface area (Å²) < 4.78 is 52.3. The summed E-state index contributed by atoms with van der Waals surface area (Å²) in [5, 5.41) is 22.4. The number of aliphatic carboxylic acids is 1. The number of carboxylic acid groups (broad SMARTS) is 1. The highest BCUT2D eigenvalue weighted by atomic mass is 19.1. The van der Waals surface area contributed by atoms with E-state index in [2.05, 4.69) is 14.8 Å². The Bertz CT molecular complexity index is 1450. The molecule has 45 heavy (non-hydrogen) atoms. The number of carbonyl (C=O) groups is 1. The number of aliphatic hydroxyl groups is 1. The minimum atomic E-state index is -0.935. The van der Waals surface area contributed by atoms with Crippen LogP contribution in [-0.4, -0.2) is 84.0 Å². The molecule has 0 saturated carbocycles. The number of rotatable bonds is 13. The molecule has 5 rings (SSSR count). The first-order valence-electron chi connectivity index (χ1n) is 15.7. The minimum Gasteiger partial charge on any atom is -0.497 e. The van der Waals surface area contributed by atoms with Gasteiger partial charge in [-0.15, -0.1) is 0 Å². The molecule has 0 unspecified atom stereocenters. The van der Waals surface area contributed by atoms with Gasteiger partial charge in [0.25, 0.3) is 0 Å². The third-order valence-corrected chi connectivity index (χ3v) is 9.43. The number of aromatic nitrogens is 1. The summed E-state index contributed by atoms with van der Waals surface area (Å²) >= 11 is 0. The molecular formula is C34H42F3N3O5. The highest BCUT2D eigenvalue weighted by molar-refractivity contribution is 5.85. The molecule has 2 aromatic carbocycles. The average Bonchev–Trinajstić information content (AvgIpc) is 3.02. The van der Waals surface area contributed by atoms with Crippen LogP contribution in [0.1, 0.15) is 61.3 Å². The average molecular weight is 630 g/mol. The van der Waals surface area contributed by atoms with Gasteiger partial charge in [0.15, 0.2) is 0 Å². The molecule has 0 bridgehead atoms. The quantitative estimate of drug-likeness (QED) is 0.256. The van der Waals surface area contributed by atoms with Crippen LogP contribution in [0.2, 0.25) is 0 Å². The second-order valence-electron chi connectivity index (χ2n) is 12.4. The van der Waals surface area contributed by atoms with Crippen LogP contribution in [0.25, 0.3) is 10.9 Å². The molecule has 244 valence electrons. The predicted octanol–water partition coefficient (Wildman–Crippen LogP) is 5.50. The van der Waals surface area contributed by atoms with Crippen LogP contribution in [-0.2, 0) is 22.5 Å². The van der Waals surface area contributed by atoms with E-state index in [0.29, 0.717) is 89.4 Å². The molecule has 2 aliphatic heterocycles. The number of methoxy groups -OCH3 is 1. The third-order valence-electron chi connectivity index (χ3n) is 9.43. The van der Waals surface area contributed by atoms with E-state index in [4.69, 9.17) is 9.47 Å². The van der Waals surface area contributed by atoms with Gasteiger partial charge in [-0.05, 0) is 92.9 Å². The molecule has 2 aliphatic rings. The van der Waals surface area contributed by atoms with E-state index in [1.807, 2.05) is 24.4 Å². The Kier molecular flexibility index (Phi) is 11.0. The highest BCUT2D eigenvalue weighted by Gasteiger charge is 2.37. The predicted molar refractivity (Wildman–Crippen MR) is 164 cm³/mol. The van der Waals surface area contributed by atoms with Gasteiger partial charge in [-0.3, -0.25) is 14.7 Å². The van der Waals surface area contributed by atoms with Crippen molar-refractivity contribution in [2.75, 3.05) is 53.0 Å².